The molecule has 1 aliphatic carbocycles. The first kappa shape index (κ1) is 17.0. The van der Waals surface area contributed by atoms with Crippen molar-refractivity contribution in [3.05, 3.63) is 53.1 Å². The summed E-state index contributed by atoms with van der Waals surface area (Å²) in [6.45, 7) is 2.58. The van der Waals surface area contributed by atoms with Crippen molar-refractivity contribution in [3.8, 4) is 5.75 Å². The molecule has 3 heterocycles. The number of amidine groups is 1. The maximum atomic E-state index is 13.3. The van der Waals surface area contributed by atoms with Gasteiger partial charge in [0.05, 0.1) is 12.8 Å². The molecule has 2 aliphatic heterocycles. The maximum absolute atomic E-state index is 13.3. The summed E-state index contributed by atoms with van der Waals surface area (Å²) in [4.78, 5) is 21.2. The van der Waals surface area contributed by atoms with Crippen molar-refractivity contribution in [1.82, 2.24) is 4.98 Å². The number of carbonyl (C=O) groups excluding carboxylic acids is 1. The Bertz CT molecular complexity index is 1030. The number of amides is 1. The number of halogens is 1. The standard InChI is InChI=1S/C20H19FN4O3/c1-11-6-12(21)8-23-16(11)17(26)24-13-2-3-15-14(7-13)20(10-28-18(22)25-20)19(4-5-19)9-27-15/h2-3,6-8H,4-5,9-10H2,1H3,(H2,22,25)(H,24,26). The molecular weight excluding hydrogens is 363 g/mol. The minimum Gasteiger partial charge on any atom is -0.493 e. The number of hydrogen-bond donors (Lipinski definition) is 2. The van der Waals surface area contributed by atoms with Crippen LogP contribution in [0.25, 0.3) is 0 Å². The Kier molecular flexibility index (Phi) is 3.44. The van der Waals surface area contributed by atoms with Gasteiger partial charge in [0.2, 0.25) is 0 Å². The summed E-state index contributed by atoms with van der Waals surface area (Å²) < 4.78 is 24.8. The van der Waals surface area contributed by atoms with E-state index in [1.807, 2.05) is 12.1 Å². The minimum absolute atomic E-state index is 0.112. The Morgan fingerprint density at radius 3 is 2.75 bits per heavy atom. The van der Waals surface area contributed by atoms with E-state index in [1.165, 1.54) is 6.07 Å². The molecule has 1 amide bonds. The summed E-state index contributed by atoms with van der Waals surface area (Å²) in [6, 6.07) is 6.90. The zero-order chi connectivity index (χ0) is 19.5. The molecule has 2 spiro atoms. The zero-order valence-corrected chi connectivity index (χ0v) is 15.3. The first-order chi connectivity index (χ1) is 13.4. The van der Waals surface area contributed by atoms with Crippen LogP contribution < -0.4 is 15.8 Å². The van der Waals surface area contributed by atoms with Gasteiger partial charge in [-0.1, -0.05) is 0 Å². The molecule has 0 saturated heterocycles. The number of anilines is 1. The molecule has 1 unspecified atom stereocenters. The van der Waals surface area contributed by atoms with Gasteiger partial charge in [-0.05, 0) is 49.6 Å². The zero-order valence-electron chi connectivity index (χ0n) is 15.3. The number of hydrogen-bond acceptors (Lipinski definition) is 6. The summed E-state index contributed by atoms with van der Waals surface area (Å²) in [5.41, 5.74) is 7.23. The monoisotopic (exact) mass is 382 g/mol. The first-order valence-electron chi connectivity index (χ1n) is 9.11. The van der Waals surface area contributed by atoms with Gasteiger partial charge in [-0.25, -0.2) is 14.4 Å². The van der Waals surface area contributed by atoms with Crippen molar-refractivity contribution in [2.24, 2.45) is 16.1 Å². The van der Waals surface area contributed by atoms with Crippen molar-refractivity contribution in [1.29, 1.82) is 0 Å². The van der Waals surface area contributed by atoms with Crippen molar-refractivity contribution >= 4 is 17.6 Å². The number of pyridine rings is 1. The van der Waals surface area contributed by atoms with Crippen LogP contribution in [0.3, 0.4) is 0 Å². The fourth-order valence-corrected chi connectivity index (χ4v) is 4.20. The lowest BCUT2D eigenvalue weighted by Crippen LogP contribution is -2.44. The van der Waals surface area contributed by atoms with E-state index in [0.717, 1.165) is 24.6 Å². The Morgan fingerprint density at radius 1 is 1.25 bits per heavy atom. The number of aryl methyl sites for hydroxylation is 1. The van der Waals surface area contributed by atoms with Gasteiger partial charge in [0.25, 0.3) is 11.9 Å². The number of aromatic nitrogens is 1. The van der Waals surface area contributed by atoms with Gasteiger partial charge >= 0.3 is 0 Å². The van der Waals surface area contributed by atoms with Crippen LogP contribution in [0.1, 0.15) is 34.5 Å². The fourth-order valence-electron chi connectivity index (χ4n) is 4.20. The Balaban J connectivity index is 1.51. The van der Waals surface area contributed by atoms with E-state index in [9.17, 15) is 9.18 Å². The summed E-state index contributed by atoms with van der Waals surface area (Å²) in [7, 11) is 0. The molecular formula is C20H19FN4O3. The highest BCUT2D eigenvalue weighted by Crippen LogP contribution is 2.65. The number of nitrogens with two attached hydrogens (primary N) is 1. The second-order valence-corrected chi connectivity index (χ2v) is 7.65. The predicted molar refractivity (Wildman–Crippen MR) is 99.7 cm³/mol. The largest absolute Gasteiger partial charge is 0.493 e. The van der Waals surface area contributed by atoms with Gasteiger partial charge in [-0.3, -0.25) is 4.79 Å². The number of nitrogens with zero attached hydrogens (tertiary/aromatic N) is 2. The lowest BCUT2D eigenvalue weighted by Gasteiger charge is -2.39. The van der Waals surface area contributed by atoms with Gasteiger partial charge in [0, 0.05) is 16.7 Å². The molecule has 0 bridgehead atoms. The molecule has 1 aromatic heterocycles. The molecule has 5 rings (SSSR count). The van der Waals surface area contributed by atoms with Crippen LogP contribution in [0.2, 0.25) is 0 Å². The second kappa shape index (κ2) is 5.67. The number of fused-ring (bicyclic) bond motifs is 3. The molecule has 2 aromatic rings. The van der Waals surface area contributed by atoms with Crippen LogP contribution in [0.5, 0.6) is 5.75 Å². The third-order valence-corrected chi connectivity index (χ3v) is 5.91. The minimum atomic E-state index is -0.588. The predicted octanol–water partition coefficient (Wildman–Crippen LogP) is 2.49. The third kappa shape index (κ3) is 2.37. The smallest absolute Gasteiger partial charge is 0.283 e. The molecule has 0 radical (unpaired) electrons. The van der Waals surface area contributed by atoms with Crippen LogP contribution in [0.4, 0.5) is 10.1 Å². The highest BCUT2D eigenvalue weighted by molar-refractivity contribution is 6.03. The highest BCUT2D eigenvalue weighted by atomic mass is 19.1. The van der Waals surface area contributed by atoms with E-state index < -0.39 is 17.3 Å². The lowest BCUT2D eigenvalue weighted by atomic mass is 9.74. The second-order valence-electron chi connectivity index (χ2n) is 7.65. The summed E-state index contributed by atoms with van der Waals surface area (Å²) >= 11 is 0. The van der Waals surface area contributed by atoms with Crippen LogP contribution in [-0.2, 0) is 10.3 Å². The Labute approximate surface area is 160 Å². The van der Waals surface area contributed by atoms with Crippen LogP contribution in [-0.4, -0.2) is 30.1 Å². The van der Waals surface area contributed by atoms with Crippen LogP contribution >= 0.6 is 0 Å². The number of carbonyl (C=O) groups is 1. The van der Waals surface area contributed by atoms with Crippen LogP contribution in [0, 0.1) is 18.2 Å². The summed E-state index contributed by atoms with van der Waals surface area (Å²) in [6.07, 6.45) is 3.01. The van der Waals surface area contributed by atoms with Gasteiger partial charge in [0.15, 0.2) is 0 Å². The molecule has 3 N–H and O–H groups in total. The van der Waals surface area contributed by atoms with Gasteiger partial charge in [0.1, 0.15) is 29.4 Å². The number of benzene rings is 1. The van der Waals surface area contributed by atoms with Crippen LogP contribution in [0.15, 0.2) is 35.5 Å². The molecule has 144 valence electrons. The van der Waals surface area contributed by atoms with Crippen molar-refractivity contribution < 1.29 is 18.7 Å². The van der Waals surface area contributed by atoms with Gasteiger partial charge in [-0.15, -0.1) is 0 Å². The summed E-state index contributed by atoms with van der Waals surface area (Å²) in [5, 5.41) is 2.83. The SMILES string of the molecule is Cc1cc(F)cnc1C(=O)Nc1ccc2c(c1)C1(COC(N)=N1)C1(CC1)CO2. The maximum Gasteiger partial charge on any atom is 0.283 e. The van der Waals surface area contributed by atoms with E-state index in [4.69, 9.17) is 15.2 Å². The van der Waals surface area contributed by atoms with E-state index in [-0.39, 0.29) is 17.1 Å². The molecule has 1 fully saturated rings. The van der Waals surface area contributed by atoms with Gasteiger partial charge < -0.3 is 20.5 Å². The highest BCUT2D eigenvalue weighted by Gasteiger charge is 2.66. The Morgan fingerprint density at radius 2 is 2.07 bits per heavy atom. The number of aliphatic imine (C=N–C) groups is 1. The number of rotatable bonds is 2. The first-order valence-corrected chi connectivity index (χ1v) is 9.11. The summed E-state index contributed by atoms with van der Waals surface area (Å²) in [5.74, 6) is -0.169. The van der Waals surface area contributed by atoms with E-state index in [0.29, 0.717) is 30.2 Å². The van der Waals surface area contributed by atoms with Gasteiger partial charge in [-0.2, -0.15) is 0 Å². The van der Waals surface area contributed by atoms with E-state index in [1.54, 1.807) is 13.0 Å². The molecule has 1 atom stereocenters. The third-order valence-electron chi connectivity index (χ3n) is 5.91. The Hall–Kier alpha value is -3.16. The lowest BCUT2D eigenvalue weighted by molar-refractivity contribution is 0.0871. The molecule has 28 heavy (non-hydrogen) atoms. The number of nitrogens with one attached hydrogen (secondary N) is 1. The normalized spacial score (nSPS) is 23.6. The van der Waals surface area contributed by atoms with E-state index in [2.05, 4.69) is 15.3 Å². The fraction of sp³-hybridized carbons (Fsp3) is 0.350. The molecule has 3 aliphatic rings. The number of ether oxygens (including phenoxy) is 2. The van der Waals surface area contributed by atoms with Crippen molar-refractivity contribution in [2.75, 3.05) is 18.5 Å². The average Bonchev–Trinajstić information content (AvgIpc) is 3.34. The molecule has 1 aromatic carbocycles. The quantitative estimate of drug-likeness (QED) is 0.831. The topological polar surface area (TPSA) is 98.8 Å². The molecule has 1 saturated carbocycles. The van der Waals surface area contributed by atoms with Crippen molar-refractivity contribution in [3.63, 3.8) is 0 Å². The molecule has 7 nitrogen and oxygen atoms in total. The van der Waals surface area contributed by atoms with E-state index >= 15 is 0 Å². The molecule has 8 heteroatoms. The average molecular weight is 382 g/mol. The van der Waals surface area contributed by atoms with Crippen molar-refractivity contribution in [2.45, 2.75) is 25.3 Å².